The number of para-hydroxylation sites is 2. The molecule has 0 N–H and O–H groups in total. The highest BCUT2D eigenvalue weighted by molar-refractivity contribution is 5.94. The topological polar surface area (TPSA) is 56.0 Å². The van der Waals surface area contributed by atoms with Gasteiger partial charge in [0.25, 0.3) is 0 Å². The Morgan fingerprint density at radius 2 is 1.95 bits per heavy atom. The van der Waals surface area contributed by atoms with Crippen LogP contribution in [0.25, 0.3) is 33.5 Å². The third-order valence-electron chi connectivity index (χ3n) is 3.11. The summed E-state index contributed by atoms with van der Waals surface area (Å²) in [7, 11) is 0. The van der Waals surface area contributed by atoms with E-state index in [1.807, 2.05) is 30.3 Å². The zero-order valence-corrected chi connectivity index (χ0v) is 9.83. The fraction of sp³-hybridized carbons (Fsp3) is 0. The molecule has 4 rings (SSSR count). The lowest BCUT2D eigenvalue weighted by molar-refractivity contribution is 0.614. The van der Waals surface area contributed by atoms with E-state index in [0.717, 1.165) is 10.9 Å². The van der Waals surface area contributed by atoms with Gasteiger partial charge in [-0.2, -0.15) is 0 Å². The molecule has 0 amide bonds. The number of hydrogen-bond donors (Lipinski definition) is 0. The van der Waals surface area contributed by atoms with Gasteiger partial charge in [-0.3, -0.25) is 9.78 Å². The van der Waals surface area contributed by atoms with Crippen LogP contribution in [0.2, 0.25) is 0 Å². The van der Waals surface area contributed by atoms with E-state index in [4.69, 9.17) is 4.42 Å². The Bertz CT molecular complexity index is 943. The normalized spacial score (nSPS) is 11.4. The smallest absolute Gasteiger partial charge is 0.208 e. The van der Waals surface area contributed by atoms with Gasteiger partial charge >= 0.3 is 0 Å². The Morgan fingerprint density at radius 3 is 2.89 bits per heavy atom. The van der Waals surface area contributed by atoms with Gasteiger partial charge in [0.1, 0.15) is 16.7 Å². The summed E-state index contributed by atoms with van der Waals surface area (Å²) in [5, 5.41) is 0.722. The van der Waals surface area contributed by atoms with Gasteiger partial charge in [-0.25, -0.2) is 4.98 Å². The summed E-state index contributed by atoms with van der Waals surface area (Å²) < 4.78 is 5.74. The number of hydrogen-bond acceptors (Lipinski definition) is 4. The Hall–Kier alpha value is -2.75. The van der Waals surface area contributed by atoms with Crippen molar-refractivity contribution in [2.45, 2.75) is 0 Å². The Kier molecular flexibility index (Phi) is 1.94. The van der Waals surface area contributed by atoms with Gasteiger partial charge in [-0.1, -0.05) is 12.1 Å². The molecular formula is C15H8N2O2. The van der Waals surface area contributed by atoms with E-state index in [-0.39, 0.29) is 5.43 Å². The largest absolute Gasteiger partial charge is 0.453 e. The van der Waals surface area contributed by atoms with E-state index in [9.17, 15) is 4.79 Å². The monoisotopic (exact) mass is 248 g/mol. The summed E-state index contributed by atoms with van der Waals surface area (Å²) in [6, 6.07) is 12.6. The third kappa shape index (κ3) is 1.43. The standard InChI is InChI=1S/C15H8N2O2/c18-11-8-13-15(9-4-3-7-16-14(9)11)17-10-5-1-2-6-12(10)19-13/h1-8H. The van der Waals surface area contributed by atoms with Crippen molar-refractivity contribution in [3.8, 4) is 11.5 Å². The van der Waals surface area contributed by atoms with E-state index in [1.165, 1.54) is 6.07 Å². The molecule has 2 aliphatic rings. The lowest BCUT2D eigenvalue weighted by Gasteiger charge is -2.08. The zero-order valence-electron chi connectivity index (χ0n) is 9.83. The van der Waals surface area contributed by atoms with Gasteiger partial charge in [0.05, 0.1) is 0 Å². The number of nitrogens with zero attached hydrogens (tertiary/aromatic N) is 2. The molecule has 2 heterocycles. The van der Waals surface area contributed by atoms with Crippen molar-refractivity contribution < 1.29 is 4.42 Å². The minimum Gasteiger partial charge on any atom is -0.453 e. The highest BCUT2D eigenvalue weighted by Gasteiger charge is 2.15. The summed E-state index contributed by atoms with van der Waals surface area (Å²) in [5.41, 5.74) is 2.37. The first-order valence-electron chi connectivity index (χ1n) is 5.90. The van der Waals surface area contributed by atoms with Crippen LogP contribution < -0.4 is 5.43 Å². The molecule has 0 bridgehead atoms. The van der Waals surface area contributed by atoms with Crippen molar-refractivity contribution in [2.75, 3.05) is 0 Å². The summed E-state index contributed by atoms with van der Waals surface area (Å²) in [6.45, 7) is 0. The molecular weight excluding hydrogens is 240 g/mol. The number of benzene rings is 2. The molecule has 4 heteroatoms. The molecule has 0 atom stereocenters. The summed E-state index contributed by atoms with van der Waals surface area (Å²) in [5.74, 6) is 0.490. The first kappa shape index (κ1) is 10.2. The molecule has 0 saturated carbocycles. The van der Waals surface area contributed by atoms with Crippen molar-refractivity contribution in [1.82, 2.24) is 9.97 Å². The molecule has 0 unspecified atom stereocenters. The Morgan fingerprint density at radius 1 is 1.05 bits per heavy atom. The maximum absolute atomic E-state index is 12.0. The fourth-order valence-electron chi connectivity index (χ4n) is 2.25. The first-order valence-corrected chi connectivity index (χ1v) is 5.90. The summed E-state index contributed by atoms with van der Waals surface area (Å²) in [4.78, 5) is 20.7. The first-order chi connectivity index (χ1) is 9.33. The van der Waals surface area contributed by atoms with E-state index in [2.05, 4.69) is 9.97 Å². The molecule has 1 aliphatic heterocycles. The molecule has 0 saturated heterocycles. The van der Waals surface area contributed by atoms with Crippen LogP contribution in [-0.2, 0) is 0 Å². The highest BCUT2D eigenvalue weighted by Crippen LogP contribution is 2.28. The fourth-order valence-corrected chi connectivity index (χ4v) is 2.25. The van der Waals surface area contributed by atoms with Crippen molar-refractivity contribution in [1.29, 1.82) is 0 Å². The number of rotatable bonds is 0. The van der Waals surface area contributed by atoms with Crippen LogP contribution in [0.15, 0.2) is 57.9 Å². The van der Waals surface area contributed by atoms with Crippen LogP contribution in [0.4, 0.5) is 0 Å². The van der Waals surface area contributed by atoms with E-state index in [0.29, 0.717) is 22.6 Å². The van der Waals surface area contributed by atoms with Crippen LogP contribution in [0.1, 0.15) is 0 Å². The summed E-state index contributed by atoms with van der Waals surface area (Å²) in [6.07, 6.45) is 1.60. The van der Waals surface area contributed by atoms with Crippen LogP contribution in [-0.4, -0.2) is 9.97 Å². The quantitative estimate of drug-likeness (QED) is 0.354. The molecule has 4 nitrogen and oxygen atoms in total. The minimum atomic E-state index is -0.149. The third-order valence-corrected chi connectivity index (χ3v) is 3.11. The zero-order chi connectivity index (χ0) is 12.8. The van der Waals surface area contributed by atoms with Gasteiger partial charge in [-0.05, 0) is 24.3 Å². The Balaban J connectivity index is 2.30. The molecule has 1 aromatic heterocycles. The Labute approximate surface area is 107 Å². The highest BCUT2D eigenvalue weighted by atomic mass is 16.3. The van der Waals surface area contributed by atoms with E-state index < -0.39 is 0 Å². The molecule has 19 heavy (non-hydrogen) atoms. The van der Waals surface area contributed by atoms with Gasteiger partial charge in [0.15, 0.2) is 11.3 Å². The van der Waals surface area contributed by atoms with Crippen molar-refractivity contribution in [2.24, 2.45) is 0 Å². The lowest BCUT2D eigenvalue weighted by Crippen LogP contribution is -2.05. The van der Waals surface area contributed by atoms with Gasteiger partial charge < -0.3 is 4.42 Å². The SMILES string of the molecule is O=c1cc2oc3ccccc3nc-2c2cccnc12. The number of fused-ring (bicyclic) bond motifs is 4. The second-order valence-electron chi connectivity index (χ2n) is 4.30. The minimum absolute atomic E-state index is 0.149. The van der Waals surface area contributed by atoms with Crippen LogP contribution >= 0.6 is 0 Å². The predicted molar refractivity (Wildman–Crippen MR) is 72.2 cm³/mol. The average Bonchev–Trinajstić information content (AvgIpc) is 2.46. The van der Waals surface area contributed by atoms with Crippen molar-refractivity contribution in [3.05, 3.63) is 58.9 Å². The van der Waals surface area contributed by atoms with Crippen LogP contribution in [0.5, 0.6) is 0 Å². The van der Waals surface area contributed by atoms with Gasteiger partial charge in [0, 0.05) is 17.6 Å². The molecule has 1 aliphatic carbocycles. The predicted octanol–water partition coefficient (Wildman–Crippen LogP) is 2.84. The number of pyridine rings is 1. The molecule has 0 radical (unpaired) electrons. The number of aromatic nitrogens is 2. The molecule has 2 aromatic rings. The van der Waals surface area contributed by atoms with Gasteiger partial charge in [0.2, 0.25) is 5.43 Å². The average molecular weight is 248 g/mol. The maximum Gasteiger partial charge on any atom is 0.208 e. The van der Waals surface area contributed by atoms with E-state index >= 15 is 0 Å². The van der Waals surface area contributed by atoms with Crippen molar-refractivity contribution in [3.63, 3.8) is 0 Å². The van der Waals surface area contributed by atoms with Crippen molar-refractivity contribution >= 4 is 22.0 Å². The molecule has 0 spiro atoms. The van der Waals surface area contributed by atoms with Gasteiger partial charge in [-0.15, -0.1) is 0 Å². The summed E-state index contributed by atoms with van der Waals surface area (Å²) >= 11 is 0. The second kappa shape index (κ2) is 3.62. The molecule has 90 valence electrons. The molecule has 0 fully saturated rings. The molecule has 1 aromatic carbocycles. The maximum atomic E-state index is 12.0. The van der Waals surface area contributed by atoms with Crippen LogP contribution in [0.3, 0.4) is 0 Å². The van der Waals surface area contributed by atoms with E-state index in [1.54, 1.807) is 12.3 Å². The second-order valence-corrected chi connectivity index (χ2v) is 4.30. The lowest BCUT2D eigenvalue weighted by atomic mass is 10.1. The van der Waals surface area contributed by atoms with Crippen LogP contribution in [0, 0.1) is 0 Å².